The first kappa shape index (κ1) is 16.3. The molecule has 0 unspecified atom stereocenters. The summed E-state index contributed by atoms with van der Waals surface area (Å²) in [4.78, 5) is 22.1. The number of amides is 1. The van der Waals surface area contributed by atoms with Gasteiger partial charge in [0.1, 0.15) is 10.5 Å². The number of hydrogen-bond acceptors (Lipinski definition) is 6. The Morgan fingerprint density at radius 1 is 1.39 bits per heavy atom. The van der Waals surface area contributed by atoms with Crippen LogP contribution in [0.15, 0.2) is 33.2 Å². The van der Waals surface area contributed by atoms with Crippen LogP contribution >= 0.6 is 34.7 Å². The third kappa shape index (κ3) is 4.04. The van der Waals surface area contributed by atoms with Crippen molar-refractivity contribution in [2.24, 2.45) is 0 Å². The molecule has 0 saturated heterocycles. The summed E-state index contributed by atoms with van der Waals surface area (Å²) in [5.41, 5.74) is 2.38. The fourth-order valence-electron chi connectivity index (χ4n) is 1.86. The Kier molecular flexibility index (Phi) is 4.89. The van der Waals surface area contributed by atoms with Crippen LogP contribution in [-0.4, -0.2) is 34.9 Å². The van der Waals surface area contributed by atoms with Gasteiger partial charge in [-0.2, -0.15) is 0 Å². The zero-order valence-electron chi connectivity index (χ0n) is 12.6. The molecule has 0 fully saturated rings. The van der Waals surface area contributed by atoms with Crippen molar-refractivity contribution in [2.75, 3.05) is 14.1 Å². The van der Waals surface area contributed by atoms with Gasteiger partial charge < -0.3 is 9.32 Å². The Morgan fingerprint density at radius 2 is 2.22 bits per heavy atom. The highest BCUT2D eigenvalue weighted by atomic mass is 35.5. The molecule has 0 radical (unpaired) electrons. The smallest absolute Gasteiger partial charge is 0.257 e. The molecule has 3 aromatic rings. The number of fused-ring (bicyclic) bond motifs is 1. The summed E-state index contributed by atoms with van der Waals surface area (Å²) in [7, 11) is 3.48. The maximum absolute atomic E-state index is 11.7. The fraction of sp³-hybridized carbons (Fsp3) is 0.267. The molecule has 0 saturated carbocycles. The quantitative estimate of drug-likeness (QED) is 0.641. The van der Waals surface area contributed by atoms with Crippen molar-refractivity contribution in [3.05, 3.63) is 39.3 Å². The van der Waals surface area contributed by atoms with E-state index in [0.717, 1.165) is 16.2 Å². The number of thiazole rings is 1. The molecule has 0 spiro atoms. The molecule has 0 bridgehead atoms. The normalized spacial score (nSPS) is 11.1. The summed E-state index contributed by atoms with van der Waals surface area (Å²) < 4.78 is 5.66. The Balaban J connectivity index is 1.63. The molecular weight excluding hydrogens is 354 g/mol. The summed E-state index contributed by atoms with van der Waals surface area (Å²) in [6.45, 7) is 0. The maximum Gasteiger partial charge on any atom is 0.257 e. The van der Waals surface area contributed by atoms with E-state index in [-0.39, 0.29) is 5.91 Å². The van der Waals surface area contributed by atoms with E-state index < -0.39 is 0 Å². The fourth-order valence-corrected chi connectivity index (χ4v) is 3.65. The number of nitrogens with zero attached hydrogens (tertiary/aromatic N) is 3. The number of hydrogen-bond donors (Lipinski definition) is 0. The van der Waals surface area contributed by atoms with Gasteiger partial charge in [0.2, 0.25) is 5.91 Å². The van der Waals surface area contributed by atoms with Crippen LogP contribution in [0.4, 0.5) is 0 Å². The third-order valence-electron chi connectivity index (χ3n) is 3.07. The van der Waals surface area contributed by atoms with Crippen LogP contribution in [0, 0.1) is 0 Å². The Hall–Kier alpha value is -1.57. The van der Waals surface area contributed by atoms with Gasteiger partial charge in [0.25, 0.3) is 5.22 Å². The molecule has 1 amide bonds. The molecule has 120 valence electrons. The predicted octanol–water partition coefficient (Wildman–Crippen LogP) is 3.86. The van der Waals surface area contributed by atoms with Crippen molar-refractivity contribution in [3.8, 4) is 0 Å². The van der Waals surface area contributed by atoms with Crippen LogP contribution in [0.2, 0.25) is 5.02 Å². The van der Waals surface area contributed by atoms with Crippen LogP contribution in [0.3, 0.4) is 0 Å². The summed E-state index contributed by atoms with van der Waals surface area (Å²) in [6, 6.07) is 5.36. The minimum absolute atomic E-state index is 0.0504. The van der Waals surface area contributed by atoms with E-state index in [9.17, 15) is 4.79 Å². The molecule has 0 aliphatic carbocycles. The number of likely N-dealkylation sites (N-methyl/N-ethyl adjacent to an activating group) is 1. The Labute approximate surface area is 146 Å². The number of halogens is 1. The highest BCUT2D eigenvalue weighted by Crippen LogP contribution is 2.28. The largest absolute Gasteiger partial charge is 0.431 e. The van der Waals surface area contributed by atoms with Gasteiger partial charge in [-0.3, -0.25) is 4.79 Å². The molecule has 0 N–H and O–H groups in total. The van der Waals surface area contributed by atoms with E-state index in [2.05, 4.69) is 9.97 Å². The number of carbonyl (C=O) groups excluding carboxylic acids is 1. The second kappa shape index (κ2) is 6.90. The minimum Gasteiger partial charge on any atom is -0.431 e. The van der Waals surface area contributed by atoms with Crippen molar-refractivity contribution in [1.82, 2.24) is 14.9 Å². The van der Waals surface area contributed by atoms with Gasteiger partial charge >= 0.3 is 0 Å². The van der Waals surface area contributed by atoms with Gasteiger partial charge in [0.15, 0.2) is 5.58 Å². The van der Waals surface area contributed by atoms with Crippen molar-refractivity contribution < 1.29 is 9.21 Å². The number of aromatic nitrogens is 2. The predicted molar refractivity (Wildman–Crippen MR) is 93.1 cm³/mol. The van der Waals surface area contributed by atoms with Crippen LogP contribution in [0.25, 0.3) is 11.1 Å². The van der Waals surface area contributed by atoms with Crippen LogP contribution < -0.4 is 0 Å². The van der Waals surface area contributed by atoms with Crippen LogP contribution in [0.1, 0.15) is 10.7 Å². The van der Waals surface area contributed by atoms with Gasteiger partial charge in [-0.05, 0) is 18.2 Å². The number of carbonyl (C=O) groups is 1. The lowest BCUT2D eigenvalue weighted by Gasteiger charge is -2.07. The summed E-state index contributed by atoms with van der Waals surface area (Å²) in [5.74, 6) is 0.696. The molecule has 1 aromatic carbocycles. The lowest BCUT2D eigenvalue weighted by Crippen LogP contribution is -2.23. The highest BCUT2D eigenvalue weighted by Gasteiger charge is 2.11. The molecule has 0 aliphatic heterocycles. The minimum atomic E-state index is 0.0504. The second-order valence-electron chi connectivity index (χ2n) is 5.08. The number of benzene rings is 1. The van der Waals surface area contributed by atoms with Crippen LogP contribution in [0.5, 0.6) is 0 Å². The molecule has 2 aromatic heterocycles. The van der Waals surface area contributed by atoms with Gasteiger partial charge in [-0.25, -0.2) is 9.97 Å². The van der Waals surface area contributed by atoms with Gasteiger partial charge in [0.05, 0.1) is 12.1 Å². The third-order valence-corrected chi connectivity index (χ3v) is 5.07. The summed E-state index contributed by atoms with van der Waals surface area (Å²) >= 11 is 8.91. The van der Waals surface area contributed by atoms with Crippen molar-refractivity contribution in [1.29, 1.82) is 0 Å². The van der Waals surface area contributed by atoms with E-state index in [1.54, 1.807) is 31.1 Å². The van der Waals surface area contributed by atoms with E-state index in [4.69, 9.17) is 16.0 Å². The van der Waals surface area contributed by atoms with E-state index in [0.29, 0.717) is 28.0 Å². The lowest BCUT2D eigenvalue weighted by atomic mass is 10.3. The number of thioether (sulfide) groups is 1. The summed E-state index contributed by atoms with van der Waals surface area (Å²) in [6.07, 6.45) is 0.337. The molecule has 5 nitrogen and oxygen atoms in total. The van der Waals surface area contributed by atoms with E-state index in [1.807, 2.05) is 11.4 Å². The van der Waals surface area contributed by atoms with Gasteiger partial charge in [-0.15, -0.1) is 11.3 Å². The molecular formula is C15H14ClN3O2S2. The number of rotatable bonds is 5. The lowest BCUT2D eigenvalue weighted by molar-refractivity contribution is -0.127. The Bertz CT molecular complexity index is 844. The topological polar surface area (TPSA) is 59.2 Å². The standard InChI is InChI=1S/C15H14ClN3O2S2/c1-19(2)14(20)6-13-17-10(7-22-13)8-23-15-18-11-5-9(16)3-4-12(11)21-15/h3-5,7H,6,8H2,1-2H3. The molecule has 2 heterocycles. The average Bonchev–Trinajstić information content (AvgIpc) is 3.10. The zero-order chi connectivity index (χ0) is 16.4. The molecule has 3 rings (SSSR count). The summed E-state index contributed by atoms with van der Waals surface area (Å²) in [5, 5.41) is 4.01. The second-order valence-corrected chi connectivity index (χ2v) is 7.38. The molecule has 8 heteroatoms. The van der Waals surface area contributed by atoms with Crippen molar-refractivity contribution in [3.63, 3.8) is 0 Å². The van der Waals surface area contributed by atoms with Gasteiger partial charge in [0, 0.05) is 30.3 Å². The van der Waals surface area contributed by atoms with Crippen molar-refractivity contribution in [2.45, 2.75) is 17.4 Å². The maximum atomic E-state index is 11.7. The number of oxazole rings is 1. The molecule has 0 aliphatic rings. The van der Waals surface area contributed by atoms with Crippen LogP contribution in [-0.2, 0) is 17.0 Å². The van der Waals surface area contributed by atoms with Gasteiger partial charge in [-0.1, -0.05) is 23.4 Å². The highest BCUT2D eigenvalue weighted by molar-refractivity contribution is 7.98. The zero-order valence-corrected chi connectivity index (χ0v) is 15.0. The monoisotopic (exact) mass is 367 g/mol. The van der Waals surface area contributed by atoms with E-state index >= 15 is 0 Å². The molecule has 0 atom stereocenters. The molecule has 23 heavy (non-hydrogen) atoms. The first-order chi connectivity index (χ1) is 11.0. The van der Waals surface area contributed by atoms with Crippen molar-refractivity contribution >= 4 is 51.7 Å². The Morgan fingerprint density at radius 3 is 3.00 bits per heavy atom. The first-order valence-corrected chi connectivity index (χ1v) is 9.08. The first-order valence-electron chi connectivity index (χ1n) is 6.83. The SMILES string of the molecule is CN(C)C(=O)Cc1nc(CSc2nc3cc(Cl)ccc3o2)cs1. The average molecular weight is 368 g/mol. The van der Waals surface area contributed by atoms with E-state index in [1.165, 1.54) is 23.1 Å².